The second-order valence-electron chi connectivity index (χ2n) is 7.98. The number of unbranched alkanes of at least 4 members (excludes halogenated alkanes) is 13. The molecule has 0 amide bonds. The molecule has 0 aliphatic carbocycles. The Hall–Kier alpha value is -1.38. The third-order valence-electron chi connectivity index (χ3n) is 5.49. The minimum absolute atomic E-state index is 0.103. The monoisotopic (exact) mass is 390 g/mol. The first kappa shape index (κ1) is 24.7. The van der Waals surface area contributed by atoms with Crippen LogP contribution in [0.1, 0.15) is 116 Å². The lowest BCUT2D eigenvalue weighted by atomic mass is 10.0. The lowest BCUT2D eigenvalue weighted by Gasteiger charge is -2.11. The average Bonchev–Trinajstić information content (AvgIpc) is 2.72. The Balaban J connectivity index is 2.03. The van der Waals surface area contributed by atoms with Gasteiger partial charge in [0.25, 0.3) is 6.04 Å². The van der Waals surface area contributed by atoms with Gasteiger partial charge in [-0.05, 0) is 13.3 Å². The number of nitrogens with zero attached hydrogens (tertiary/aromatic N) is 1. The summed E-state index contributed by atoms with van der Waals surface area (Å²) in [5.41, 5.74) is 0. The van der Waals surface area contributed by atoms with E-state index in [9.17, 15) is 4.79 Å². The Morgan fingerprint density at radius 2 is 1.18 bits per heavy atom. The van der Waals surface area contributed by atoms with Crippen molar-refractivity contribution >= 4 is 5.97 Å². The average molecular weight is 391 g/mol. The summed E-state index contributed by atoms with van der Waals surface area (Å²) < 4.78 is 7.25. The van der Waals surface area contributed by atoms with Crippen molar-refractivity contribution in [3.8, 4) is 0 Å². The Morgan fingerprint density at radius 3 is 1.64 bits per heavy atom. The minimum Gasteiger partial charge on any atom is -0.461 e. The van der Waals surface area contributed by atoms with E-state index < -0.39 is 0 Å². The number of hydrogen-bond donors (Lipinski definition) is 0. The van der Waals surface area contributed by atoms with Crippen LogP contribution in [0, 0.1) is 0 Å². The molecule has 1 aromatic heterocycles. The van der Waals surface area contributed by atoms with Gasteiger partial charge in [-0.15, -0.1) is 0 Å². The molecule has 0 aliphatic rings. The van der Waals surface area contributed by atoms with Crippen LogP contribution in [0.2, 0.25) is 0 Å². The summed E-state index contributed by atoms with van der Waals surface area (Å²) in [6.07, 6.45) is 23.8. The largest absolute Gasteiger partial charge is 0.461 e. The van der Waals surface area contributed by atoms with Gasteiger partial charge < -0.3 is 4.74 Å². The molecule has 0 aliphatic heterocycles. The van der Waals surface area contributed by atoms with Gasteiger partial charge in [-0.2, -0.15) is 4.57 Å². The van der Waals surface area contributed by atoms with Crippen LogP contribution >= 0.6 is 0 Å². The Morgan fingerprint density at radius 1 is 0.714 bits per heavy atom. The van der Waals surface area contributed by atoms with Crippen molar-refractivity contribution in [2.75, 3.05) is 6.61 Å². The van der Waals surface area contributed by atoms with Gasteiger partial charge in [0.15, 0.2) is 12.4 Å². The molecule has 0 bridgehead atoms. The highest BCUT2D eigenvalue weighted by Crippen LogP contribution is 2.16. The number of pyridine rings is 1. The molecule has 0 saturated heterocycles. The highest BCUT2D eigenvalue weighted by atomic mass is 16.5. The van der Waals surface area contributed by atoms with Crippen LogP contribution < -0.4 is 4.57 Å². The Kier molecular flexibility index (Phi) is 15.6. The summed E-state index contributed by atoms with van der Waals surface area (Å²) in [6, 6.07) is 5.73. The van der Waals surface area contributed by atoms with E-state index in [4.69, 9.17) is 4.74 Å². The van der Waals surface area contributed by atoms with E-state index in [0.29, 0.717) is 6.61 Å². The van der Waals surface area contributed by atoms with Crippen molar-refractivity contribution in [1.29, 1.82) is 0 Å². The van der Waals surface area contributed by atoms with Gasteiger partial charge in [-0.3, -0.25) is 0 Å². The molecular weight excluding hydrogens is 346 g/mol. The molecule has 1 unspecified atom stereocenters. The van der Waals surface area contributed by atoms with Crippen LogP contribution in [0.25, 0.3) is 0 Å². The van der Waals surface area contributed by atoms with Crippen LogP contribution in [0.4, 0.5) is 0 Å². The third-order valence-corrected chi connectivity index (χ3v) is 5.49. The number of esters is 1. The first-order valence-corrected chi connectivity index (χ1v) is 11.9. The van der Waals surface area contributed by atoms with E-state index in [0.717, 1.165) is 12.8 Å². The molecule has 0 N–H and O–H groups in total. The maximum Gasteiger partial charge on any atom is 0.375 e. The molecule has 0 spiro atoms. The Bertz CT molecular complexity index is 475. The van der Waals surface area contributed by atoms with Crippen LogP contribution in [-0.2, 0) is 9.53 Å². The maximum absolute atomic E-state index is 12.3. The van der Waals surface area contributed by atoms with Crippen LogP contribution in [0.3, 0.4) is 0 Å². The third kappa shape index (κ3) is 12.2. The lowest BCUT2D eigenvalue weighted by molar-refractivity contribution is -0.711. The van der Waals surface area contributed by atoms with Crippen LogP contribution in [0.5, 0.6) is 0 Å². The zero-order valence-corrected chi connectivity index (χ0v) is 18.5. The Labute approximate surface area is 173 Å². The van der Waals surface area contributed by atoms with Crippen LogP contribution in [-0.4, -0.2) is 12.6 Å². The molecule has 0 fully saturated rings. The quantitative estimate of drug-likeness (QED) is 0.154. The van der Waals surface area contributed by atoms with Gasteiger partial charge in [0.2, 0.25) is 0 Å². The number of ether oxygens (including phenoxy) is 1. The van der Waals surface area contributed by atoms with E-state index in [1.807, 2.05) is 42.1 Å². The zero-order valence-electron chi connectivity index (χ0n) is 18.5. The summed E-state index contributed by atoms with van der Waals surface area (Å²) in [4.78, 5) is 12.3. The molecule has 1 heterocycles. The van der Waals surface area contributed by atoms with Crippen molar-refractivity contribution < 1.29 is 14.1 Å². The predicted octanol–water partition coefficient (Wildman–Crippen LogP) is 6.95. The molecule has 0 saturated carbocycles. The number of carbonyl (C=O) groups is 1. The summed E-state index contributed by atoms with van der Waals surface area (Å²) >= 11 is 0. The second kappa shape index (κ2) is 17.7. The van der Waals surface area contributed by atoms with E-state index >= 15 is 0 Å². The van der Waals surface area contributed by atoms with Gasteiger partial charge in [-0.1, -0.05) is 96.5 Å². The van der Waals surface area contributed by atoms with Crippen LogP contribution in [0.15, 0.2) is 30.6 Å². The van der Waals surface area contributed by atoms with Crippen molar-refractivity contribution in [1.82, 2.24) is 0 Å². The fraction of sp³-hybridized carbons (Fsp3) is 0.760. The first-order valence-electron chi connectivity index (χ1n) is 11.9. The number of hydrogen-bond acceptors (Lipinski definition) is 2. The van der Waals surface area contributed by atoms with Gasteiger partial charge in [-0.25, -0.2) is 4.79 Å². The highest BCUT2D eigenvalue weighted by molar-refractivity contribution is 5.72. The van der Waals surface area contributed by atoms with Crippen molar-refractivity contribution in [2.24, 2.45) is 0 Å². The van der Waals surface area contributed by atoms with E-state index in [2.05, 4.69) is 6.92 Å². The molecule has 28 heavy (non-hydrogen) atoms. The SMILES string of the molecule is CCCCCCCCCCCCCCCCC(C(=O)OCC)[n+]1ccccc1. The van der Waals surface area contributed by atoms with Gasteiger partial charge in [0, 0.05) is 18.6 Å². The highest BCUT2D eigenvalue weighted by Gasteiger charge is 2.27. The lowest BCUT2D eigenvalue weighted by Crippen LogP contribution is -2.44. The fourth-order valence-corrected chi connectivity index (χ4v) is 3.78. The maximum atomic E-state index is 12.3. The summed E-state index contributed by atoms with van der Waals surface area (Å²) in [5, 5.41) is 0. The smallest absolute Gasteiger partial charge is 0.375 e. The molecule has 0 radical (unpaired) electrons. The van der Waals surface area contributed by atoms with Crippen molar-refractivity contribution in [2.45, 2.75) is 116 Å². The van der Waals surface area contributed by atoms with Gasteiger partial charge in [0.1, 0.15) is 0 Å². The second-order valence-corrected chi connectivity index (χ2v) is 7.98. The normalized spacial score (nSPS) is 12.1. The molecule has 1 rings (SSSR count). The molecule has 3 heteroatoms. The number of aromatic nitrogens is 1. The molecule has 3 nitrogen and oxygen atoms in total. The summed E-state index contributed by atoms with van der Waals surface area (Å²) in [7, 11) is 0. The van der Waals surface area contributed by atoms with E-state index in [-0.39, 0.29) is 12.0 Å². The molecule has 160 valence electrons. The molecule has 1 atom stereocenters. The van der Waals surface area contributed by atoms with E-state index in [1.165, 1.54) is 83.5 Å². The standard InChI is InChI=1S/C25H44NO2/c1-3-5-6-7-8-9-10-11-12-13-14-15-16-18-21-24(25(27)28-4-2)26-22-19-17-20-23-26/h17,19-20,22-24H,3-16,18,21H2,1-2H3/q+1. The topological polar surface area (TPSA) is 30.2 Å². The molecular formula is C25H44NO2+. The van der Waals surface area contributed by atoms with Gasteiger partial charge in [0.05, 0.1) is 6.61 Å². The van der Waals surface area contributed by atoms with Gasteiger partial charge >= 0.3 is 5.97 Å². The van der Waals surface area contributed by atoms with Crippen molar-refractivity contribution in [3.05, 3.63) is 30.6 Å². The number of carbonyl (C=O) groups excluding carboxylic acids is 1. The zero-order chi connectivity index (χ0) is 20.3. The first-order chi connectivity index (χ1) is 13.8. The van der Waals surface area contributed by atoms with E-state index in [1.54, 1.807) is 0 Å². The van der Waals surface area contributed by atoms with Crippen molar-refractivity contribution in [3.63, 3.8) is 0 Å². The number of rotatable bonds is 18. The molecule has 1 aromatic rings. The fourth-order valence-electron chi connectivity index (χ4n) is 3.78. The minimum atomic E-state index is -0.182. The summed E-state index contributed by atoms with van der Waals surface area (Å²) in [6.45, 7) is 4.60. The predicted molar refractivity (Wildman–Crippen MR) is 117 cm³/mol. The summed E-state index contributed by atoms with van der Waals surface area (Å²) in [5.74, 6) is -0.103. The molecule has 0 aromatic carbocycles.